The first-order chi connectivity index (χ1) is 9.79. The number of amides is 1. The molecule has 1 saturated carbocycles. The molecule has 1 aliphatic rings. The van der Waals surface area contributed by atoms with Gasteiger partial charge < -0.3 is 14.8 Å². The number of rotatable bonds is 7. The van der Waals surface area contributed by atoms with E-state index in [9.17, 15) is 9.59 Å². The Kier molecular flexibility index (Phi) is 6.24. The SMILES string of the molecule is C=CCCCC1C[C@H]1OC(=O)N[C@H](C(=O)OC)C(C)(C)C. The first-order valence-corrected chi connectivity index (χ1v) is 7.45. The second kappa shape index (κ2) is 7.48. The number of hydrogen-bond acceptors (Lipinski definition) is 4. The summed E-state index contributed by atoms with van der Waals surface area (Å²) in [5.41, 5.74) is -0.432. The average Bonchev–Trinajstić information content (AvgIpc) is 3.12. The highest BCUT2D eigenvalue weighted by atomic mass is 16.6. The third-order valence-corrected chi connectivity index (χ3v) is 3.66. The van der Waals surface area contributed by atoms with Gasteiger partial charge in [-0.3, -0.25) is 0 Å². The van der Waals surface area contributed by atoms with Gasteiger partial charge in [-0.25, -0.2) is 9.59 Å². The summed E-state index contributed by atoms with van der Waals surface area (Å²) in [7, 11) is 1.31. The summed E-state index contributed by atoms with van der Waals surface area (Å²) in [6.07, 6.45) is 5.35. The van der Waals surface area contributed by atoms with Gasteiger partial charge >= 0.3 is 12.1 Å². The summed E-state index contributed by atoms with van der Waals surface area (Å²) in [5.74, 6) is -0.0142. The van der Waals surface area contributed by atoms with E-state index in [0.717, 1.165) is 25.7 Å². The molecule has 0 heterocycles. The van der Waals surface area contributed by atoms with Crippen molar-refractivity contribution in [2.75, 3.05) is 7.11 Å². The summed E-state index contributed by atoms with van der Waals surface area (Å²) in [5, 5.41) is 2.61. The number of unbranched alkanes of at least 4 members (excludes halogenated alkanes) is 1. The second-order valence-electron chi connectivity index (χ2n) is 6.63. The van der Waals surface area contributed by atoms with Crippen LogP contribution >= 0.6 is 0 Å². The summed E-state index contributed by atoms with van der Waals surface area (Å²) < 4.78 is 10.1. The molecule has 0 aromatic carbocycles. The van der Waals surface area contributed by atoms with Crippen LogP contribution in [0.1, 0.15) is 46.5 Å². The van der Waals surface area contributed by atoms with Crippen molar-refractivity contribution in [1.29, 1.82) is 0 Å². The molecular formula is C16H27NO4. The smallest absolute Gasteiger partial charge is 0.408 e. The van der Waals surface area contributed by atoms with Gasteiger partial charge in [0.2, 0.25) is 0 Å². The molecule has 0 saturated heterocycles. The van der Waals surface area contributed by atoms with Crippen LogP contribution in [0.25, 0.3) is 0 Å². The molecule has 0 spiro atoms. The molecular weight excluding hydrogens is 270 g/mol. The van der Waals surface area contributed by atoms with Gasteiger partial charge in [0.15, 0.2) is 0 Å². The van der Waals surface area contributed by atoms with Crippen molar-refractivity contribution in [2.45, 2.75) is 58.6 Å². The molecule has 1 aliphatic carbocycles. The molecule has 1 N–H and O–H groups in total. The topological polar surface area (TPSA) is 64.6 Å². The number of hydrogen-bond donors (Lipinski definition) is 1. The van der Waals surface area contributed by atoms with Crippen molar-refractivity contribution >= 4 is 12.1 Å². The van der Waals surface area contributed by atoms with Gasteiger partial charge in [-0.15, -0.1) is 6.58 Å². The number of nitrogens with one attached hydrogen (secondary N) is 1. The lowest BCUT2D eigenvalue weighted by Crippen LogP contribution is -2.50. The van der Waals surface area contributed by atoms with Crippen molar-refractivity contribution < 1.29 is 19.1 Å². The van der Waals surface area contributed by atoms with Crippen LogP contribution in [0.3, 0.4) is 0 Å². The Labute approximate surface area is 127 Å². The van der Waals surface area contributed by atoms with E-state index in [4.69, 9.17) is 9.47 Å². The van der Waals surface area contributed by atoms with Gasteiger partial charge in [-0.1, -0.05) is 26.8 Å². The Hall–Kier alpha value is -1.52. The quantitative estimate of drug-likeness (QED) is 0.445. The Morgan fingerprint density at radius 2 is 2.10 bits per heavy atom. The average molecular weight is 297 g/mol. The third-order valence-electron chi connectivity index (χ3n) is 3.66. The van der Waals surface area contributed by atoms with E-state index < -0.39 is 23.5 Å². The molecule has 1 rings (SSSR count). The van der Waals surface area contributed by atoms with E-state index in [2.05, 4.69) is 11.9 Å². The molecule has 1 amide bonds. The van der Waals surface area contributed by atoms with Crippen LogP contribution in [0.2, 0.25) is 0 Å². The minimum Gasteiger partial charge on any atom is -0.467 e. The van der Waals surface area contributed by atoms with Gasteiger partial charge in [-0.2, -0.15) is 0 Å². The number of carbonyl (C=O) groups excluding carboxylic acids is 2. The zero-order valence-corrected chi connectivity index (χ0v) is 13.5. The van der Waals surface area contributed by atoms with Crippen molar-refractivity contribution in [2.24, 2.45) is 11.3 Å². The van der Waals surface area contributed by atoms with E-state index in [1.807, 2.05) is 26.8 Å². The Bertz CT molecular complexity index is 386. The molecule has 0 aliphatic heterocycles. The minimum absolute atomic E-state index is 0.0203. The van der Waals surface area contributed by atoms with E-state index >= 15 is 0 Å². The lowest BCUT2D eigenvalue weighted by atomic mass is 9.87. The van der Waals surface area contributed by atoms with Crippen LogP contribution < -0.4 is 5.32 Å². The van der Waals surface area contributed by atoms with Crippen molar-refractivity contribution in [3.05, 3.63) is 12.7 Å². The van der Waals surface area contributed by atoms with E-state index in [1.54, 1.807) is 0 Å². The zero-order valence-electron chi connectivity index (χ0n) is 13.5. The third kappa shape index (κ3) is 5.78. The predicted molar refractivity (Wildman–Crippen MR) is 80.8 cm³/mol. The van der Waals surface area contributed by atoms with Gasteiger partial charge in [0, 0.05) is 0 Å². The highest BCUT2D eigenvalue weighted by molar-refractivity contribution is 5.82. The van der Waals surface area contributed by atoms with Gasteiger partial charge in [0.1, 0.15) is 12.1 Å². The van der Waals surface area contributed by atoms with Gasteiger partial charge in [0.05, 0.1) is 7.11 Å². The summed E-state index contributed by atoms with van der Waals surface area (Å²) in [4.78, 5) is 23.6. The monoisotopic (exact) mass is 297 g/mol. The second-order valence-corrected chi connectivity index (χ2v) is 6.63. The number of methoxy groups -OCH3 is 1. The van der Waals surface area contributed by atoms with E-state index in [-0.39, 0.29) is 6.10 Å². The van der Waals surface area contributed by atoms with E-state index in [0.29, 0.717) is 5.92 Å². The van der Waals surface area contributed by atoms with Gasteiger partial charge in [-0.05, 0) is 37.0 Å². The van der Waals surface area contributed by atoms with Crippen LogP contribution in [0.15, 0.2) is 12.7 Å². The fraction of sp³-hybridized carbons (Fsp3) is 0.750. The Balaban J connectivity index is 2.39. The van der Waals surface area contributed by atoms with Crippen molar-refractivity contribution in [3.8, 4) is 0 Å². The van der Waals surface area contributed by atoms with E-state index in [1.165, 1.54) is 7.11 Å². The lowest BCUT2D eigenvalue weighted by molar-refractivity contribution is -0.145. The summed E-state index contributed by atoms with van der Waals surface area (Å²) in [6.45, 7) is 9.28. The maximum absolute atomic E-state index is 11.9. The van der Waals surface area contributed by atoms with Crippen LogP contribution in [-0.2, 0) is 14.3 Å². The number of ether oxygens (including phenoxy) is 2. The van der Waals surface area contributed by atoms with Crippen LogP contribution in [0.5, 0.6) is 0 Å². The first-order valence-electron chi connectivity index (χ1n) is 7.45. The lowest BCUT2D eigenvalue weighted by Gasteiger charge is -2.28. The van der Waals surface area contributed by atoms with Crippen molar-refractivity contribution in [1.82, 2.24) is 5.32 Å². The predicted octanol–water partition coefficient (Wildman–Crippen LogP) is 3.05. The van der Waals surface area contributed by atoms with Crippen molar-refractivity contribution in [3.63, 3.8) is 0 Å². The molecule has 1 unspecified atom stereocenters. The Morgan fingerprint density at radius 3 is 2.62 bits per heavy atom. The molecule has 0 aromatic rings. The Morgan fingerprint density at radius 1 is 1.43 bits per heavy atom. The number of carbonyl (C=O) groups is 2. The highest BCUT2D eigenvalue weighted by Crippen LogP contribution is 2.38. The fourth-order valence-corrected chi connectivity index (χ4v) is 2.23. The molecule has 0 radical (unpaired) electrons. The standard InChI is InChI=1S/C16H27NO4/c1-6-7-8-9-11-10-12(11)21-15(19)17-13(14(18)20-5)16(2,3)4/h6,11-13H,1,7-10H2,2-5H3,(H,17,19)/t11?,12-,13-/m1/s1. The molecule has 0 aromatic heterocycles. The maximum Gasteiger partial charge on any atom is 0.408 e. The molecule has 3 atom stereocenters. The number of alkyl carbamates (subject to hydrolysis) is 1. The van der Waals surface area contributed by atoms with Crippen LogP contribution in [0, 0.1) is 11.3 Å². The van der Waals surface area contributed by atoms with Gasteiger partial charge in [0.25, 0.3) is 0 Å². The molecule has 5 nitrogen and oxygen atoms in total. The summed E-state index contributed by atoms with van der Waals surface area (Å²) in [6, 6.07) is -0.715. The first kappa shape index (κ1) is 17.5. The summed E-state index contributed by atoms with van der Waals surface area (Å²) >= 11 is 0. The fourth-order valence-electron chi connectivity index (χ4n) is 2.23. The normalized spacial score (nSPS) is 22.1. The largest absolute Gasteiger partial charge is 0.467 e. The van der Waals surface area contributed by atoms with Crippen LogP contribution in [-0.4, -0.2) is 31.3 Å². The highest BCUT2D eigenvalue weighted by Gasteiger charge is 2.41. The number of esters is 1. The molecule has 120 valence electrons. The molecule has 5 heteroatoms. The molecule has 21 heavy (non-hydrogen) atoms. The maximum atomic E-state index is 11.9. The number of allylic oxidation sites excluding steroid dienone is 1. The minimum atomic E-state index is -0.715. The molecule has 0 bridgehead atoms. The van der Waals surface area contributed by atoms with Crippen LogP contribution in [0.4, 0.5) is 4.79 Å². The zero-order chi connectivity index (χ0) is 16.0. The molecule has 1 fully saturated rings.